The maximum Gasteiger partial charge on any atom is 0.417 e. The summed E-state index contributed by atoms with van der Waals surface area (Å²) in [5.74, 6) is -2.03. The zero-order valence-electron chi connectivity index (χ0n) is 12.5. The Morgan fingerprint density at radius 1 is 1.17 bits per heavy atom. The number of piperazine rings is 1. The summed E-state index contributed by atoms with van der Waals surface area (Å²) in [5.41, 5.74) is 3.45. The Morgan fingerprint density at radius 3 is 2.33 bits per heavy atom. The molecule has 2 aliphatic rings. The molecule has 2 atom stereocenters. The van der Waals surface area contributed by atoms with Gasteiger partial charge in [0.25, 0.3) is 5.91 Å². The summed E-state index contributed by atoms with van der Waals surface area (Å²) in [6.07, 6.45) is -4.26. The van der Waals surface area contributed by atoms with E-state index in [4.69, 9.17) is 5.73 Å². The molecule has 2 aliphatic heterocycles. The van der Waals surface area contributed by atoms with Gasteiger partial charge in [-0.2, -0.15) is 13.2 Å². The SMILES string of the molecule is NCC(=O)N1CC2CC1CN2C(=O)c1cc(F)ccc1C(F)(F)F. The highest BCUT2D eigenvalue weighted by Gasteiger charge is 2.48. The predicted molar refractivity (Wildman–Crippen MR) is 75.4 cm³/mol. The molecule has 2 amide bonds. The van der Waals surface area contributed by atoms with Gasteiger partial charge in [0, 0.05) is 13.1 Å². The van der Waals surface area contributed by atoms with Gasteiger partial charge in [0.15, 0.2) is 0 Å². The number of fused-ring (bicyclic) bond motifs is 2. The van der Waals surface area contributed by atoms with E-state index in [1.54, 1.807) is 4.90 Å². The second-order valence-electron chi connectivity index (χ2n) is 5.94. The maximum absolute atomic E-state index is 13.4. The van der Waals surface area contributed by atoms with Gasteiger partial charge in [0.2, 0.25) is 5.91 Å². The lowest BCUT2D eigenvalue weighted by Gasteiger charge is -2.34. The van der Waals surface area contributed by atoms with E-state index in [1.807, 2.05) is 0 Å². The highest BCUT2D eigenvalue weighted by atomic mass is 19.4. The van der Waals surface area contributed by atoms with Gasteiger partial charge in [0.1, 0.15) is 5.82 Å². The second-order valence-corrected chi connectivity index (χ2v) is 5.94. The molecule has 2 bridgehead atoms. The van der Waals surface area contributed by atoms with Crippen LogP contribution in [0.5, 0.6) is 0 Å². The number of amides is 2. The van der Waals surface area contributed by atoms with Crippen molar-refractivity contribution in [2.24, 2.45) is 5.73 Å². The number of nitrogens with two attached hydrogens (primary N) is 1. The minimum atomic E-state index is -4.75. The zero-order valence-corrected chi connectivity index (χ0v) is 12.5. The van der Waals surface area contributed by atoms with Crippen LogP contribution in [0.4, 0.5) is 17.6 Å². The van der Waals surface area contributed by atoms with Crippen molar-refractivity contribution in [3.05, 3.63) is 35.1 Å². The lowest BCUT2D eigenvalue weighted by Crippen LogP contribution is -2.52. The molecule has 0 aliphatic carbocycles. The van der Waals surface area contributed by atoms with Gasteiger partial charge in [-0.25, -0.2) is 4.39 Å². The summed E-state index contributed by atoms with van der Waals surface area (Å²) in [6, 6.07) is 1.23. The number of nitrogens with zero attached hydrogens (tertiary/aromatic N) is 2. The first-order chi connectivity index (χ1) is 11.2. The molecule has 3 rings (SSSR count). The fourth-order valence-corrected chi connectivity index (χ4v) is 3.43. The van der Waals surface area contributed by atoms with Crippen molar-refractivity contribution in [2.45, 2.75) is 24.7 Å². The first kappa shape index (κ1) is 16.7. The molecule has 0 radical (unpaired) electrons. The third-order valence-corrected chi connectivity index (χ3v) is 4.51. The molecule has 0 spiro atoms. The van der Waals surface area contributed by atoms with E-state index >= 15 is 0 Å². The van der Waals surface area contributed by atoms with Crippen molar-refractivity contribution in [1.29, 1.82) is 0 Å². The molecule has 0 aromatic heterocycles. The van der Waals surface area contributed by atoms with Gasteiger partial charge < -0.3 is 15.5 Å². The molecule has 24 heavy (non-hydrogen) atoms. The van der Waals surface area contributed by atoms with E-state index in [2.05, 4.69) is 0 Å². The van der Waals surface area contributed by atoms with Gasteiger partial charge in [-0.05, 0) is 24.6 Å². The maximum atomic E-state index is 13.4. The smallest absolute Gasteiger partial charge is 0.335 e. The van der Waals surface area contributed by atoms with Crippen LogP contribution in [0, 0.1) is 5.82 Å². The molecule has 5 nitrogen and oxygen atoms in total. The highest BCUT2D eigenvalue weighted by molar-refractivity contribution is 5.96. The number of likely N-dealkylation sites (tertiary alicyclic amines) is 2. The van der Waals surface area contributed by atoms with Gasteiger partial charge in [-0.15, -0.1) is 0 Å². The van der Waals surface area contributed by atoms with Gasteiger partial charge in [-0.3, -0.25) is 9.59 Å². The quantitative estimate of drug-likeness (QED) is 0.820. The van der Waals surface area contributed by atoms with E-state index in [0.717, 1.165) is 0 Å². The van der Waals surface area contributed by atoms with Gasteiger partial charge in [0.05, 0.1) is 29.8 Å². The summed E-state index contributed by atoms with van der Waals surface area (Å²) in [5, 5.41) is 0. The molecule has 130 valence electrons. The number of carbonyl (C=O) groups excluding carboxylic acids is 2. The van der Waals surface area contributed by atoms with Crippen LogP contribution in [-0.4, -0.2) is 53.3 Å². The first-order valence-corrected chi connectivity index (χ1v) is 7.39. The Hall–Kier alpha value is -2.16. The number of halogens is 4. The molecular weight excluding hydrogens is 330 g/mol. The molecule has 2 fully saturated rings. The molecule has 1 aromatic rings. The number of hydrogen-bond acceptors (Lipinski definition) is 3. The summed E-state index contributed by atoms with van der Waals surface area (Å²) in [6.45, 7) is 0.214. The molecule has 2 unspecified atom stereocenters. The Kier molecular flexibility index (Phi) is 3.98. The topological polar surface area (TPSA) is 66.6 Å². The number of hydrogen-bond donors (Lipinski definition) is 1. The molecular formula is C15H15F4N3O2. The monoisotopic (exact) mass is 345 g/mol. The van der Waals surface area contributed by atoms with Gasteiger partial charge >= 0.3 is 6.18 Å². The van der Waals surface area contributed by atoms with Crippen LogP contribution in [0.2, 0.25) is 0 Å². The number of carbonyl (C=O) groups is 2. The lowest BCUT2D eigenvalue weighted by molar-refractivity contribution is -0.138. The molecule has 2 N–H and O–H groups in total. The van der Waals surface area contributed by atoms with Crippen molar-refractivity contribution in [3.8, 4) is 0 Å². The molecule has 9 heteroatoms. The van der Waals surface area contributed by atoms with Crippen LogP contribution < -0.4 is 5.73 Å². The van der Waals surface area contributed by atoms with E-state index < -0.39 is 29.0 Å². The third-order valence-electron chi connectivity index (χ3n) is 4.51. The highest BCUT2D eigenvalue weighted by Crippen LogP contribution is 2.36. The number of rotatable bonds is 2. The van der Waals surface area contributed by atoms with Crippen LogP contribution in [0.1, 0.15) is 22.3 Å². The van der Waals surface area contributed by atoms with Crippen LogP contribution in [0.3, 0.4) is 0 Å². The van der Waals surface area contributed by atoms with Crippen molar-refractivity contribution in [2.75, 3.05) is 19.6 Å². The third kappa shape index (κ3) is 2.72. The summed E-state index contributed by atoms with van der Waals surface area (Å²) < 4.78 is 52.6. The second kappa shape index (κ2) is 5.73. The minimum Gasteiger partial charge on any atom is -0.335 e. The first-order valence-electron chi connectivity index (χ1n) is 7.39. The standard InChI is InChI=1S/C15H15F4N3O2/c16-8-1-2-12(15(17,18)19)11(3-8)14(24)22-7-9-4-10(22)6-21(9)13(23)5-20/h1-3,9-10H,4-7,20H2. The number of benzene rings is 1. The van der Waals surface area contributed by atoms with Crippen molar-refractivity contribution < 1.29 is 27.2 Å². The molecule has 2 heterocycles. The van der Waals surface area contributed by atoms with E-state index in [9.17, 15) is 27.2 Å². The van der Waals surface area contributed by atoms with Crippen molar-refractivity contribution in [3.63, 3.8) is 0 Å². The van der Waals surface area contributed by atoms with E-state index in [1.165, 1.54) is 4.90 Å². The Labute approximate surface area is 135 Å². The van der Waals surface area contributed by atoms with Crippen LogP contribution in [-0.2, 0) is 11.0 Å². The van der Waals surface area contributed by atoms with Gasteiger partial charge in [-0.1, -0.05) is 0 Å². The Bertz CT molecular complexity index is 692. The fraction of sp³-hybridized carbons (Fsp3) is 0.467. The molecule has 1 aromatic carbocycles. The summed E-state index contributed by atoms with van der Waals surface area (Å²) >= 11 is 0. The largest absolute Gasteiger partial charge is 0.417 e. The zero-order chi connectivity index (χ0) is 17.6. The molecule has 0 saturated carbocycles. The molecule has 2 saturated heterocycles. The normalized spacial score (nSPS) is 23.0. The number of alkyl halides is 3. The minimum absolute atomic E-state index is 0.128. The van der Waals surface area contributed by atoms with E-state index in [-0.39, 0.29) is 37.6 Å². The van der Waals surface area contributed by atoms with E-state index in [0.29, 0.717) is 24.6 Å². The van der Waals surface area contributed by atoms with Crippen molar-refractivity contribution in [1.82, 2.24) is 9.80 Å². The lowest BCUT2D eigenvalue weighted by atomic mass is 10.0. The average molecular weight is 345 g/mol. The Balaban J connectivity index is 1.85. The van der Waals surface area contributed by atoms with Crippen LogP contribution in [0.25, 0.3) is 0 Å². The Morgan fingerprint density at radius 2 is 1.79 bits per heavy atom. The van der Waals surface area contributed by atoms with Crippen LogP contribution in [0.15, 0.2) is 18.2 Å². The average Bonchev–Trinajstić information content (AvgIpc) is 3.12. The fourth-order valence-electron chi connectivity index (χ4n) is 3.43. The van der Waals surface area contributed by atoms with Crippen molar-refractivity contribution >= 4 is 11.8 Å². The van der Waals surface area contributed by atoms with Crippen LogP contribution >= 0.6 is 0 Å². The predicted octanol–water partition coefficient (Wildman–Crippen LogP) is 1.23. The summed E-state index contributed by atoms with van der Waals surface area (Å²) in [4.78, 5) is 27.0. The summed E-state index contributed by atoms with van der Waals surface area (Å²) in [7, 11) is 0.